The van der Waals surface area contributed by atoms with Crippen LogP contribution in [0.2, 0.25) is 0 Å². The van der Waals surface area contributed by atoms with Gasteiger partial charge in [-0.2, -0.15) is 4.31 Å². The Balaban J connectivity index is 2.05. The van der Waals surface area contributed by atoms with Crippen LogP contribution in [0.4, 0.5) is 0 Å². The SMILES string of the molecule is CCOC(=O)c1ccc(S(=O)(=O)N2CCC(C(=O)N(C)OC)CC2)cc1. The Bertz CT molecular complexity index is 739. The van der Waals surface area contributed by atoms with Gasteiger partial charge in [0.2, 0.25) is 15.9 Å². The first kappa shape index (κ1) is 20.3. The van der Waals surface area contributed by atoms with Crippen molar-refractivity contribution in [3.63, 3.8) is 0 Å². The van der Waals surface area contributed by atoms with Gasteiger partial charge in [-0.3, -0.25) is 9.63 Å². The van der Waals surface area contributed by atoms with E-state index in [2.05, 4.69) is 0 Å². The van der Waals surface area contributed by atoms with Gasteiger partial charge in [0.25, 0.3) is 0 Å². The number of sulfonamides is 1. The van der Waals surface area contributed by atoms with Crippen LogP contribution >= 0.6 is 0 Å². The minimum atomic E-state index is -3.67. The Morgan fingerprint density at radius 2 is 1.77 bits per heavy atom. The molecule has 1 fully saturated rings. The number of hydrogen-bond donors (Lipinski definition) is 0. The zero-order valence-electron chi connectivity index (χ0n) is 15.2. The third-order valence-corrected chi connectivity index (χ3v) is 6.30. The zero-order valence-corrected chi connectivity index (χ0v) is 16.0. The molecule has 1 aliphatic heterocycles. The Morgan fingerprint density at radius 3 is 2.27 bits per heavy atom. The van der Waals surface area contributed by atoms with E-state index in [-0.39, 0.29) is 36.4 Å². The van der Waals surface area contributed by atoms with Crippen molar-refractivity contribution in [2.45, 2.75) is 24.7 Å². The van der Waals surface area contributed by atoms with Gasteiger partial charge in [-0.05, 0) is 44.0 Å². The van der Waals surface area contributed by atoms with Crippen LogP contribution in [0.15, 0.2) is 29.2 Å². The van der Waals surface area contributed by atoms with Crippen molar-refractivity contribution in [1.29, 1.82) is 0 Å². The lowest BCUT2D eigenvalue weighted by atomic mass is 9.97. The molecule has 144 valence electrons. The molecule has 0 aliphatic carbocycles. The number of piperidine rings is 1. The van der Waals surface area contributed by atoms with Crippen LogP contribution in [-0.4, -0.2) is 63.5 Å². The molecule has 1 amide bonds. The van der Waals surface area contributed by atoms with Crippen LogP contribution in [0, 0.1) is 5.92 Å². The molecule has 0 aromatic heterocycles. The highest BCUT2D eigenvalue weighted by molar-refractivity contribution is 7.89. The van der Waals surface area contributed by atoms with E-state index >= 15 is 0 Å². The molecule has 0 atom stereocenters. The molecule has 9 heteroatoms. The lowest BCUT2D eigenvalue weighted by Gasteiger charge is -2.31. The van der Waals surface area contributed by atoms with Crippen molar-refractivity contribution >= 4 is 21.9 Å². The maximum Gasteiger partial charge on any atom is 0.338 e. The summed E-state index contributed by atoms with van der Waals surface area (Å²) >= 11 is 0. The van der Waals surface area contributed by atoms with Gasteiger partial charge >= 0.3 is 5.97 Å². The summed E-state index contributed by atoms with van der Waals surface area (Å²) in [6.07, 6.45) is 0.874. The minimum Gasteiger partial charge on any atom is -0.462 e. The fourth-order valence-electron chi connectivity index (χ4n) is 2.82. The smallest absolute Gasteiger partial charge is 0.338 e. The first-order valence-corrected chi connectivity index (χ1v) is 9.84. The molecule has 0 radical (unpaired) electrons. The minimum absolute atomic E-state index is 0.115. The molecule has 26 heavy (non-hydrogen) atoms. The molecule has 1 saturated heterocycles. The second kappa shape index (κ2) is 8.61. The van der Waals surface area contributed by atoms with E-state index in [9.17, 15) is 18.0 Å². The van der Waals surface area contributed by atoms with E-state index in [1.54, 1.807) is 6.92 Å². The Morgan fingerprint density at radius 1 is 1.19 bits per heavy atom. The number of amides is 1. The fraction of sp³-hybridized carbons (Fsp3) is 0.529. The summed E-state index contributed by atoms with van der Waals surface area (Å²) in [5.74, 6) is -0.890. The molecule has 0 N–H and O–H groups in total. The van der Waals surface area contributed by atoms with Crippen LogP contribution in [0.25, 0.3) is 0 Å². The summed E-state index contributed by atoms with van der Waals surface area (Å²) in [5, 5.41) is 1.17. The molecule has 2 rings (SSSR count). The number of hydroxylamine groups is 2. The summed E-state index contributed by atoms with van der Waals surface area (Å²) in [7, 11) is -0.714. The maximum atomic E-state index is 12.8. The van der Waals surface area contributed by atoms with E-state index in [1.807, 2.05) is 0 Å². The molecule has 0 bridgehead atoms. The van der Waals surface area contributed by atoms with Gasteiger partial charge in [0.15, 0.2) is 0 Å². The summed E-state index contributed by atoms with van der Waals surface area (Å²) in [5.41, 5.74) is 0.303. The van der Waals surface area contributed by atoms with E-state index in [1.165, 1.54) is 47.8 Å². The average molecular weight is 384 g/mol. The predicted octanol–water partition coefficient (Wildman–Crippen LogP) is 1.28. The maximum absolute atomic E-state index is 12.8. The number of carbonyl (C=O) groups is 2. The molecule has 1 aliphatic rings. The molecule has 0 saturated carbocycles. The highest BCUT2D eigenvalue weighted by Crippen LogP contribution is 2.25. The lowest BCUT2D eigenvalue weighted by Crippen LogP contribution is -2.43. The van der Waals surface area contributed by atoms with Gasteiger partial charge in [-0.15, -0.1) is 0 Å². The van der Waals surface area contributed by atoms with Crippen LogP contribution < -0.4 is 0 Å². The fourth-order valence-corrected chi connectivity index (χ4v) is 4.29. The van der Waals surface area contributed by atoms with E-state index in [0.717, 1.165) is 0 Å². The molecule has 1 aromatic rings. The second-order valence-electron chi connectivity index (χ2n) is 5.94. The number of nitrogens with zero attached hydrogens (tertiary/aromatic N) is 2. The quantitative estimate of drug-likeness (QED) is 0.542. The second-order valence-corrected chi connectivity index (χ2v) is 7.88. The number of benzene rings is 1. The number of esters is 1. The molecular formula is C17H24N2O6S. The van der Waals surface area contributed by atoms with Gasteiger partial charge in [0.05, 0.1) is 24.2 Å². The highest BCUT2D eigenvalue weighted by atomic mass is 32.2. The lowest BCUT2D eigenvalue weighted by molar-refractivity contribution is -0.174. The van der Waals surface area contributed by atoms with E-state index < -0.39 is 16.0 Å². The summed E-state index contributed by atoms with van der Waals surface area (Å²) < 4.78 is 31.8. The van der Waals surface area contributed by atoms with Crippen molar-refractivity contribution in [2.24, 2.45) is 5.92 Å². The van der Waals surface area contributed by atoms with Gasteiger partial charge in [0, 0.05) is 26.1 Å². The monoisotopic (exact) mass is 384 g/mol. The summed E-state index contributed by atoms with van der Waals surface area (Å²) in [6.45, 7) is 2.48. The summed E-state index contributed by atoms with van der Waals surface area (Å²) in [4.78, 5) is 28.8. The normalized spacial score (nSPS) is 16.3. The molecule has 1 heterocycles. The Hall–Kier alpha value is -1.97. The average Bonchev–Trinajstić information content (AvgIpc) is 2.67. The predicted molar refractivity (Wildman–Crippen MR) is 93.7 cm³/mol. The largest absolute Gasteiger partial charge is 0.462 e. The third kappa shape index (κ3) is 4.40. The van der Waals surface area contributed by atoms with Crippen LogP contribution in [0.1, 0.15) is 30.1 Å². The van der Waals surface area contributed by atoms with Crippen molar-refractivity contribution in [3.8, 4) is 0 Å². The van der Waals surface area contributed by atoms with Gasteiger partial charge in [-0.25, -0.2) is 18.3 Å². The van der Waals surface area contributed by atoms with Gasteiger partial charge in [-0.1, -0.05) is 0 Å². The van der Waals surface area contributed by atoms with Crippen LogP contribution in [-0.2, 0) is 24.4 Å². The Kier molecular flexibility index (Phi) is 6.74. The number of carbonyl (C=O) groups excluding carboxylic acids is 2. The van der Waals surface area contributed by atoms with E-state index in [0.29, 0.717) is 18.4 Å². The van der Waals surface area contributed by atoms with E-state index in [4.69, 9.17) is 9.57 Å². The Labute approximate surface area is 153 Å². The number of ether oxygens (including phenoxy) is 1. The van der Waals surface area contributed by atoms with Crippen molar-refractivity contribution in [1.82, 2.24) is 9.37 Å². The summed E-state index contributed by atoms with van der Waals surface area (Å²) in [6, 6.07) is 5.68. The van der Waals surface area contributed by atoms with Crippen molar-refractivity contribution < 1.29 is 27.6 Å². The standard InChI is InChI=1S/C17H24N2O6S/c1-4-25-17(21)14-5-7-15(8-6-14)26(22,23)19-11-9-13(10-12-19)16(20)18(2)24-3/h5-8,13H,4,9-12H2,1-3H3. The highest BCUT2D eigenvalue weighted by Gasteiger charge is 2.33. The van der Waals surface area contributed by atoms with Crippen LogP contribution in [0.3, 0.4) is 0 Å². The molecule has 0 spiro atoms. The molecule has 1 aromatic carbocycles. The first-order valence-electron chi connectivity index (χ1n) is 8.40. The topological polar surface area (TPSA) is 93.2 Å². The first-order chi connectivity index (χ1) is 12.3. The zero-order chi connectivity index (χ0) is 19.3. The number of rotatable bonds is 6. The molecular weight excluding hydrogens is 360 g/mol. The van der Waals surface area contributed by atoms with Gasteiger partial charge in [0.1, 0.15) is 0 Å². The molecule has 0 unspecified atom stereocenters. The third-order valence-electron chi connectivity index (χ3n) is 4.39. The van der Waals surface area contributed by atoms with Gasteiger partial charge < -0.3 is 4.74 Å². The molecule has 8 nitrogen and oxygen atoms in total. The van der Waals surface area contributed by atoms with Crippen LogP contribution in [0.5, 0.6) is 0 Å². The van der Waals surface area contributed by atoms with Crippen molar-refractivity contribution in [2.75, 3.05) is 33.9 Å². The number of hydrogen-bond acceptors (Lipinski definition) is 6. The van der Waals surface area contributed by atoms with Crippen molar-refractivity contribution in [3.05, 3.63) is 29.8 Å².